The summed E-state index contributed by atoms with van der Waals surface area (Å²) >= 11 is 11.8. The van der Waals surface area contributed by atoms with Gasteiger partial charge in [0.2, 0.25) is 0 Å². The SMILES string of the molecule is CC(=O)/C(=C/c1ccc(Cl)c(Cl)c1)C(=O)CCN(C)C. The molecule has 0 saturated carbocycles. The Labute approximate surface area is 129 Å². The first kappa shape index (κ1) is 16.9. The van der Waals surface area contributed by atoms with Crippen LogP contribution in [0.15, 0.2) is 23.8 Å². The van der Waals surface area contributed by atoms with Crippen molar-refractivity contribution in [3.05, 3.63) is 39.4 Å². The molecule has 0 N–H and O–H groups in total. The van der Waals surface area contributed by atoms with Crippen molar-refractivity contribution in [1.29, 1.82) is 0 Å². The largest absolute Gasteiger partial charge is 0.309 e. The predicted molar refractivity (Wildman–Crippen MR) is 83.3 cm³/mol. The first-order chi connectivity index (χ1) is 9.31. The molecule has 0 amide bonds. The van der Waals surface area contributed by atoms with Gasteiger partial charge in [-0.25, -0.2) is 0 Å². The van der Waals surface area contributed by atoms with Crippen molar-refractivity contribution in [2.24, 2.45) is 0 Å². The topological polar surface area (TPSA) is 37.4 Å². The van der Waals surface area contributed by atoms with E-state index in [0.29, 0.717) is 28.6 Å². The highest BCUT2D eigenvalue weighted by atomic mass is 35.5. The maximum atomic E-state index is 12.1. The van der Waals surface area contributed by atoms with E-state index in [1.165, 1.54) is 6.92 Å². The van der Waals surface area contributed by atoms with E-state index in [2.05, 4.69) is 0 Å². The summed E-state index contributed by atoms with van der Waals surface area (Å²) in [6, 6.07) is 4.99. The zero-order chi connectivity index (χ0) is 15.3. The minimum Gasteiger partial charge on any atom is -0.309 e. The lowest BCUT2D eigenvalue weighted by Gasteiger charge is -2.09. The molecule has 0 aliphatic rings. The summed E-state index contributed by atoms with van der Waals surface area (Å²) in [6.45, 7) is 1.99. The molecule has 1 rings (SSSR count). The Bertz CT molecular complexity index is 551. The number of hydrogen-bond acceptors (Lipinski definition) is 3. The van der Waals surface area contributed by atoms with Crippen LogP contribution < -0.4 is 0 Å². The Morgan fingerprint density at radius 1 is 1.20 bits per heavy atom. The number of nitrogens with zero attached hydrogens (tertiary/aromatic N) is 1. The Morgan fingerprint density at radius 3 is 2.35 bits per heavy atom. The van der Waals surface area contributed by atoms with Gasteiger partial charge < -0.3 is 4.90 Å². The molecule has 108 valence electrons. The van der Waals surface area contributed by atoms with Gasteiger partial charge in [0.1, 0.15) is 0 Å². The van der Waals surface area contributed by atoms with Crippen molar-refractivity contribution in [2.75, 3.05) is 20.6 Å². The van der Waals surface area contributed by atoms with Gasteiger partial charge in [0.15, 0.2) is 11.6 Å². The number of rotatable bonds is 6. The second-order valence-electron chi connectivity index (χ2n) is 4.76. The summed E-state index contributed by atoms with van der Waals surface area (Å²) in [5.74, 6) is -0.419. The van der Waals surface area contributed by atoms with E-state index in [1.54, 1.807) is 24.3 Å². The highest BCUT2D eigenvalue weighted by molar-refractivity contribution is 6.42. The second-order valence-corrected chi connectivity index (χ2v) is 5.58. The van der Waals surface area contributed by atoms with Crippen molar-refractivity contribution in [3.8, 4) is 0 Å². The van der Waals surface area contributed by atoms with Gasteiger partial charge in [-0.3, -0.25) is 9.59 Å². The molecule has 0 spiro atoms. The monoisotopic (exact) mass is 313 g/mol. The van der Waals surface area contributed by atoms with Crippen molar-refractivity contribution >= 4 is 40.8 Å². The van der Waals surface area contributed by atoms with Gasteiger partial charge in [0, 0.05) is 13.0 Å². The Balaban J connectivity index is 3.00. The van der Waals surface area contributed by atoms with Crippen LogP contribution >= 0.6 is 23.2 Å². The number of allylic oxidation sites excluding steroid dienone is 1. The summed E-state index contributed by atoms with van der Waals surface area (Å²) < 4.78 is 0. The second kappa shape index (κ2) is 7.58. The molecule has 20 heavy (non-hydrogen) atoms. The van der Waals surface area contributed by atoms with Crippen LogP contribution in [0.5, 0.6) is 0 Å². The minimum atomic E-state index is -0.250. The third-order valence-corrected chi connectivity index (χ3v) is 3.46. The van der Waals surface area contributed by atoms with Gasteiger partial charge in [-0.1, -0.05) is 29.3 Å². The van der Waals surface area contributed by atoms with E-state index < -0.39 is 0 Å². The summed E-state index contributed by atoms with van der Waals surface area (Å²) in [6.07, 6.45) is 1.86. The maximum absolute atomic E-state index is 12.1. The molecule has 3 nitrogen and oxygen atoms in total. The zero-order valence-corrected chi connectivity index (χ0v) is 13.3. The maximum Gasteiger partial charge on any atom is 0.167 e. The molecular weight excluding hydrogens is 297 g/mol. The number of ketones is 2. The zero-order valence-electron chi connectivity index (χ0n) is 11.7. The summed E-state index contributed by atoms with van der Waals surface area (Å²) in [5, 5.41) is 0.830. The Morgan fingerprint density at radius 2 is 1.85 bits per heavy atom. The van der Waals surface area contributed by atoms with Crippen LogP contribution in [0.4, 0.5) is 0 Å². The molecule has 5 heteroatoms. The van der Waals surface area contributed by atoms with Crippen molar-refractivity contribution < 1.29 is 9.59 Å². The van der Waals surface area contributed by atoms with E-state index in [0.717, 1.165) is 0 Å². The molecule has 0 aromatic heterocycles. The molecule has 0 unspecified atom stereocenters. The van der Waals surface area contributed by atoms with Gasteiger partial charge in [-0.2, -0.15) is 0 Å². The average Bonchev–Trinajstić information content (AvgIpc) is 2.36. The Kier molecular flexibility index (Phi) is 6.40. The smallest absolute Gasteiger partial charge is 0.167 e. The molecule has 0 atom stereocenters. The normalized spacial score (nSPS) is 11.8. The molecule has 1 aromatic rings. The van der Waals surface area contributed by atoms with Crippen LogP contribution in [-0.4, -0.2) is 37.1 Å². The Hall–Kier alpha value is -1.16. The predicted octanol–water partition coefficient (Wildman–Crippen LogP) is 3.49. The van der Waals surface area contributed by atoms with Crippen molar-refractivity contribution in [1.82, 2.24) is 4.90 Å². The highest BCUT2D eigenvalue weighted by Crippen LogP contribution is 2.24. The quantitative estimate of drug-likeness (QED) is 0.458. The van der Waals surface area contributed by atoms with Crippen LogP contribution in [0.2, 0.25) is 10.0 Å². The molecule has 0 aliphatic carbocycles. The fraction of sp³-hybridized carbons (Fsp3) is 0.333. The molecule has 1 aromatic carbocycles. The van der Waals surface area contributed by atoms with E-state index >= 15 is 0 Å². The minimum absolute atomic E-state index is 0.169. The van der Waals surface area contributed by atoms with Gasteiger partial charge in [0.25, 0.3) is 0 Å². The van der Waals surface area contributed by atoms with E-state index in [-0.39, 0.29) is 17.1 Å². The first-order valence-electron chi connectivity index (χ1n) is 6.17. The van der Waals surface area contributed by atoms with Gasteiger partial charge in [-0.15, -0.1) is 0 Å². The third-order valence-electron chi connectivity index (χ3n) is 2.72. The molecule has 0 bridgehead atoms. The van der Waals surface area contributed by atoms with Crippen LogP contribution in [0.3, 0.4) is 0 Å². The van der Waals surface area contributed by atoms with Crippen LogP contribution in [-0.2, 0) is 9.59 Å². The number of carbonyl (C=O) groups is 2. The summed E-state index contributed by atoms with van der Waals surface area (Å²) in [7, 11) is 3.76. The molecule has 0 saturated heterocycles. The lowest BCUT2D eigenvalue weighted by molar-refractivity contribution is -0.120. The molecule has 0 radical (unpaired) electrons. The number of hydrogen-bond donors (Lipinski definition) is 0. The number of benzene rings is 1. The molecule has 0 fully saturated rings. The lowest BCUT2D eigenvalue weighted by Crippen LogP contribution is -2.19. The fourth-order valence-corrected chi connectivity index (χ4v) is 1.91. The van der Waals surface area contributed by atoms with Gasteiger partial charge in [-0.05, 0) is 44.8 Å². The van der Waals surface area contributed by atoms with E-state index in [4.69, 9.17) is 23.2 Å². The van der Waals surface area contributed by atoms with E-state index in [1.807, 2.05) is 19.0 Å². The molecule has 0 aliphatic heterocycles. The fourth-order valence-electron chi connectivity index (χ4n) is 1.61. The number of Topliss-reactive ketones (excluding diaryl/α,β-unsaturated/α-hetero) is 2. The summed E-state index contributed by atoms with van der Waals surface area (Å²) in [4.78, 5) is 25.6. The van der Waals surface area contributed by atoms with Crippen molar-refractivity contribution in [2.45, 2.75) is 13.3 Å². The first-order valence-corrected chi connectivity index (χ1v) is 6.92. The number of halogens is 2. The third kappa shape index (κ3) is 5.08. The molecular formula is C15H17Cl2NO2. The van der Waals surface area contributed by atoms with Gasteiger partial charge in [0.05, 0.1) is 15.6 Å². The van der Waals surface area contributed by atoms with Crippen LogP contribution in [0.1, 0.15) is 18.9 Å². The van der Waals surface area contributed by atoms with Crippen molar-refractivity contribution in [3.63, 3.8) is 0 Å². The van der Waals surface area contributed by atoms with Gasteiger partial charge >= 0.3 is 0 Å². The summed E-state index contributed by atoms with van der Waals surface area (Å²) in [5.41, 5.74) is 0.869. The van der Waals surface area contributed by atoms with Crippen LogP contribution in [0.25, 0.3) is 6.08 Å². The lowest BCUT2D eigenvalue weighted by atomic mass is 10.0. The number of carbonyl (C=O) groups excluding carboxylic acids is 2. The highest BCUT2D eigenvalue weighted by Gasteiger charge is 2.14. The average molecular weight is 314 g/mol. The molecule has 0 heterocycles. The van der Waals surface area contributed by atoms with Crippen LogP contribution in [0, 0.1) is 0 Å². The standard InChI is InChI=1S/C15H17Cl2NO2/c1-10(19)12(15(20)6-7-18(2)3)8-11-4-5-13(16)14(17)9-11/h4-5,8-9H,6-7H2,1-3H3/b12-8-. The van der Waals surface area contributed by atoms with E-state index in [9.17, 15) is 9.59 Å².